The maximum Gasteiger partial charge on any atom is 0.412 e. The van der Waals surface area contributed by atoms with E-state index in [0.29, 0.717) is 34.4 Å². The number of esters is 1. The van der Waals surface area contributed by atoms with Crippen LogP contribution in [0, 0.1) is 0 Å². The minimum atomic E-state index is -0.704. The summed E-state index contributed by atoms with van der Waals surface area (Å²) < 4.78 is 16.2. The molecule has 2 aromatic heterocycles. The van der Waals surface area contributed by atoms with Gasteiger partial charge in [-0.3, -0.25) is 5.32 Å². The first-order valence-corrected chi connectivity index (χ1v) is 12.7. The number of phenolic OH excluding ortho intramolecular Hbond substituents is 1. The predicted octanol–water partition coefficient (Wildman–Crippen LogP) is 5.78. The van der Waals surface area contributed by atoms with E-state index in [4.69, 9.17) is 19.2 Å². The number of phenols is 1. The lowest BCUT2D eigenvalue weighted by atomic mass is 10.1. The topological polar surface area (TPSA) is 132 Å². The molecule has 0 aliphatic rings. The van der Waals surface area contributed by atoms with Crippen molar-refractivity contribution in [2.24, 2.45) is 0 Å². The fourth-order valence-electron chi connectivity index (χ4n) is 3.93. The molecule has 0 unspecified atom stereocenters. The minimum Gasteiger partial charge on any atom is -0.508 e. The lowest BCUT2D eigenvalue weighted by molar-refractivity contribution is 0.0589. The second-order valence-corrected chi connectivity index (χ2v) is 8.54. The summed E-state index contributed by atoms with van der Waals surface area (Å²) in [5, 5.41) is 16.2. The molecule has 10 heteroatoms. The molecule has 0 saturated carbocycles. The van der Waals surface area contributed by atoms with E-state index in [-0.39, 0.29) is 36.2 Å². The quantitative estimate of drug-likeness (QED) is 0.213. The Labute approximate surface area is 231 Å². The van der Waals surface area contributed by atoms with Crippen molar-refractivity contribution in [3.05, 3.63) is 89.9 Å². The summed E-state index contributed by atoms with van der Waals surface area (Å²) in [5.41, 5.74) is 2.42. The van der Waals surface area contributed by atoms with Crippen LogP contribution in [0.15, 0.2) is 78.6 Å². The summed E-state index contributed by atoms with van der Waals surface area (Å²) in [6.45, 7) is 3.98. The number of alkyl carbamates (subject to hydrolysis) is 1. The van der Waals surface area contributed by atoms with Gasteiger partial charge in [0.1, 0.15) is 23.7 Å². The van der Waals surface area contributed by atoms with Gasteiger partial charge in [0.05, 0.1) is 19.4 Å². The van der Waals surface area contributed by atoms with Crippen LogP contribution in [0.4, 0.5) is 10.6 Å². The van der Waals surface area contributed by atoms with E-state index in [0.717, 1.165) is 5.56 Å². The summed E-state index contributed by atoms with van der Waals surface area (Å²) in [4.78, 5) is 34.5. The molecule has 0 radical (unpaired) electrons. The molecule has 0 aliphatic heterocycles. The van der Waals surface area contributed by atoms with Crippen LogP contribution in [-0.2, 0) is 16.1 Å². The van der Waals surface area contributed by atoms with Crippen LogP contribution in [0.25, 0.3) is 22.2 Å². The largest absolute Gasteiger partial charge is 0.508 e. The van der Waals surface area contributed by atoms with Gasteiger partial charge in [-0.05, 0) is 49.2 Å². The average molecular weight is 543 g/mol. The van der Waals surface area contributed by atoms with Gasteiger partial charge in [0.25, 0.3) is 0 Å². The molecule has 4 aromatic rings. The lowest BCUT2D eigenvalue weighted by Gasteiger charge is -2.18. The molecule has 40 heavy (non-hydrogen) atoms. The number of pyridine rings is 2. The van der Waals surface area contributed by atoms with Crippen molar-refractivity contribution in [1.29, 1.82) is 0 Å². The molecule has 4 rings (SSSR count). The van der Waals surface area contributed by atoms with E-state index in [1.807, 2.05) is 43.3 Å². The molecule has 0 saturated heterocycles. The van der Waals surface area contributed by atoms with Gasteiger partial charge in [-0.2, -0.15) is 0 Å². The van der Waals surface area contributed by atoms with Gasteiger partial charge in [-0.15, -0.1) is 0 Å². The Morgan fingerprint density at radius 3 is 2.50 bits per heavy atom. The Morgan fingerprint density at radius 1 is 1.00 bits per heavy atom. The van der Waals surface area contributed by atoms with Gasteiger partial charge in [-0.1, -0.05) is 49.4 Å². The second kappa shape index (κ2) is 13.1. The van der Waals surface area contributed by atoms with Crippen LogP contribution in [0.5, 0.6) is 11.5 Å². The van der Waals surface area contributed by atoms with Crippen molar-refractivity contribution in [3.8, 4) is 22.8 Å². The number of aromatic nitrogens is 2. The summed E-state index contributed by atoms with van der Waals surface area (Å²) in [6.07, 6.45) is 1.67. The number of nitrogens with one attached hydrogen (secondary N) is 2. The fraction of sp³-hybridized carbons (Fsp3) is 0.200. The number of methoxy groups -OCH3 is 1. The number of hydrogen-bond donors (Lipinski definition) is 3. The fourth-order valence-corrected chi connectivity index (χ4v) is 3.93. The maximum absolute atomic E-state index is 12.9. The van der Waals surface area contributed by atoms with Gasteiger partial charge >= 0.3 is 12.1 Å². The highest BCUT2D eigenvalue weighted by molar-refractivity contribution is 6.03. The Bertz CT molecular complexity index is 1540. The molecular formula is C30H30N4O6. The van der Waals surface area contributed by atoms with Crippen LogP contribution in [0.2, 0.25) is 0 Å². The zero-order chi connectivity index (χ0) is 28.5. The van der Waals surface area contributed by atoms with Crippen LogP contribution >= 0.6 is 0 Å². The van der Waals surface area contributed by atoms with Crippen molar-refractivity contribution in [2.45, 2.75) is 26.9 Å². The highest BCUT2D eigenvalue weighted by atomic mass is 16.5. The zero-order valence-electron chi connectivity index (χ0n) is 22.4. The van der Waals surface area contributed by atoms with Gasteiger partial charge < -0.3 is 24.6 Å². The van der Waals surface area contributed by atoms with E-state index < -0.39 is 12.1 Å². The summed E-state index contributed by atoms with van der Waals surface area (Å²) >= 11 is 0. The van der Waals surface area contributed by atoms with E-state index in [1.54, 1.807) is 43.3 Å². The lowest BCUT2D eigenvalue weighted by Crippen LogP contribution is -2.28. The van der Waals surface area contributed by atoms with Gasteiger partial charge in [0.2, 0.25) is 0 Å². The molecular weight excluding hydrogens is 512 g/mol. The third-order valence-corrected chi connectivity index (χ3v) is 5.72. The number of fused-ring (bicyclic) bond motifs is 1. The Kier molecular flexibility index (Phi) is 9.14. The average Bonchev–Trinajstić information content (AvgIpc) is 2.96. The van der Waals surface area contributed by atoms with E-state index >= 15 is 0 Å². The van der Waals surface area contributed by atoms with Gasteiger partial charge in [-0.25, -0.2) is 19.6 Å². The van der Waals surface area contributed by atoms with Crippen molar-refractivity contribution < 1.29 is 28.9 Å². The molecule has 206 valence electrons. The molecule has 0 fully saturated rings. The predicted molar refractivity (Wildman–Crippen MR) is 151 cm³/mol. The minimum absolute atomic E-state index is 0.0627. The molecule has 2 aromatic carbocycles. The van der Waals surface area contributed by atoms with E-state index in [2.05, 4.69) is 15.6 Å². The Hall–Kier alpha value is -5.12. The van der Waals surface area contributed by atoms with Crippen LogP contribution in [0.1, 0.15) is 36.3 Å². The zero-order valence-corrected chi connectivity index (χ0v) is 22.4. The number of allylic oxidation sites excluding steroid dienone is 1. The number of amides is 1. The van der Waals surface area contributed by atoms with Crippen molar-refractivity contribution in [2.75, 3.05) is 19.0 Å². The number of carbonyl (C=O) groups excluding carboxylic acids is 2. The molecule has 2 heterocycles. The van der Waals surface area contributed by atoms with Crippen LogP contribution in [0.3, 0.4) is 0 Å². The summed E-state index contributed by atoms with van der Waals surface area (Å²) in [7, 11) is 1.26. The summed E-state index contributed by atoms with van der Waals surface area (Å²) in [5.74, 6) is 0.0691. The third kappa shape index (κ3) is 6.65. The number of benzene rings is 2. The standard InChI is InChI=1S/C30H30N4O6/c1-4-10-24(33-30(37)39-5-2)32-28-25-22(15-16-23(31-25)20-13-9-14-21(35)17-20)27(26(34-28)29(36)38-3)40-18-19-11-7-6-8-12-19/h6-17,35H,4-5,18H2,1-3H3,(H,32,34)(H,33,37)/b24-10-. The molecule has 0 atom stereocenters. The van der Waals surface area contributed by atoms with E-state index in [1.165, 1.54) is 7.11 Å². The molecule has 0 spiro atoms. The first-order chi connectivity index (χ1) is 19.4. The Morgan fingerprint density at radius 2 is 1.80 bits per heavy atom. The molecule has 10 nitrogen and oxygen atoms in total. The monoisotopic (exact) mass is 542 g/mol. The Balaban J connectivity index is 1.89. The first-order valence-electron chi connectivity index (χ1n) is 12.7. The highest BCUT2D eigenvalue weighted by Crippen LogP contribution is 2.35. The van der Waals surface area contributed by atoms with Crippen molar-refractivity contribution >= 4 is 28.8 Å². The molecule has 0 bridgehead atoms. The summed E-state index contributed by atoms with van der Waals surface area (Å²) in [6, 6.07) is 19.7. The van der Waals surface area contributed by atoms with Crippen LogP contribution in [-0.4, -0.2) is 40.9 Å². The molecule has 0 aliphatic carbocycles. The number of hydrogen-bond acceptors (Lipinski definition) is 9. The highest BCUT2D eigenvalue weighted by Gasteiger charge is 2.24. The molecule has 1 amide bonds. The normalized spacial score (nSPS) is 11.1. The molecule has 3 N–H and O–H groups in total. The maximum atomic E-state index is 12.9. The third-order valence-electron chi connectivity index (χ3n) is 5.72. The SMILES string of the molecule is CC/C=C(\NC(=O)OCC)Nc1nc(C(=O)OC)c(OCc2ccccc2)c2ccc(-c3cccc(O)c3)nc12. The number of aromatic hydroxyl groups is 1. The van der Waals surface area contributed by atoms with Gasteiger partial charge in [0.15, 0.2) is 17.3 Å². The number of nitrogens with zero attached hydrogens (tertiary/aromatic N) is 2. The second-order valence-electron chi connectivity index (χ2n) is 8.54. The van der Waals surface area contributed by atoms with E-state index in [9.17, 15) is 14.7 Å². The smallest absolute Gasteiger partial charge is 0.412 e. The van der Waals surface area contributed by atoms with Crippen molar-refractivity contribution in [3.63, 3.8) is 0 Å². The van der Waals surface area contributed by atoms with Crippen LogP contribution < -0.4 is 15.4 Å². The number of rotatable bonds is 10. The van der Waals surface area contributed by atoms with Gasteiger partial charge in [0, 0.05) is 10.9 Å². The number of carbonyl (C=O) groups is 2. The number of ether oxygens (including phenoxy) is 3. The number of anilines is 1. The van der Waals surface area contributed by atoms with Crippen molar-refractivity contribution in [1.82, 2.24) is 15.3 Å². The first kappa shape index (κ1) is 27.9.